The molecule has 1 saturated heterocycles. The topological polar surface area (TPSA) is 41.6 Å². The van der Waals surface area contributed by atoms with E-state index in [0.29, 0.717) is 12.5 Å². The summed E-state index contributed by atoms with van der Waals surface area (Å²) >= 11 is 0. The lowest BCUT2D eigenvalue weighted by atomic mass is 10.1. The monoisotopic (exact) mass is 276 g/mol. The number of hydrogen-bond donors (Lipinski definition) is 1. The van der Waals surface area contributed by atoms with E-state index in [1.807, 2.05) is 24.0 Å². The minimum absolute atomic E-state index is 0.0643. The van der Waals surface area contributed by atoms with E-state index >= 15 is 0 Å². The van der Waals surface area contributed by atoms with Gasteiger partial charge in [-0.1, -0.05) is 17.7 Å². The maximum Gasteiger partial charge on any atom is 0.317 e. The lowest BCUT2D eigenvalue weighted by Gasteiger charge is -2.16. The van der Waals surface area contributed by atoms with Gasteiger partial charge in [0.1, 0.15) is 5.75 Å². The highest BCUT2D eigenvalue weighted by Gasteiger charge is 2.25. The van der Waals surface area contributed by atoms with E-state index in [4.69, 9.17) is 4.74 Å². The molecule has 0 spiro atoms. The van der Waals surface area contributed by atoms with Crippen LogP contribution in [0.25, 0.3) is 0 Å². The molecule has 4 nitrogen and oxygen atoms in total. The maximum atomic E-state index is 11.7. The molecule has 1 heterocycles. The zero-order valence-corrected chi connectivity index (χ0v) is 12.4. The number of ether oxygens (including phenoxy) is 1. The average molecular weight is 276 g/mol. The van der Waals surface area contributed by atoms with Crippen LogP contribution in [0.2, 0.25) is 0 Å². The number of urea groups is 1. The highest BCUT2D eigenvalue weighted by Crippen LogP contribution is 2.20. The Hall–Kier alpha value is -1.71. The molecule has 1 aromatic rings. The smallest absolute Gasteiger partial charge is 0.317 e. The molecule has 1 aliphatic heterocycles. The van der Waals surface area contributed by atoms with Crippen molar-refractivity contribution in [2.75, 3.05) is 26.2 Å². The fraction of sp³-hybridized carbons (Fsp3) is 0.562. The molecule has 1 aromatic carbocycles. The van der Waals surface area contributed by atoms with Crippen molar-refractivity contribution in [3.8, 4) is 5.75 Å². The van der Waals surface area contributed by atoms with Gasteiger partial charge in [-0.15, -0.1) is 0 Å². The number of rotatable bonds is 5. The predicted octanol–water partition coefficient (Wildman–Crippen LogP) is 2.82. The molecule has 0 saturated carbocycles. The summed E-state index contributed by atoms with van der Waals surface area (Å²) < 4.78 is 5.75. The molecule has 2 amide bonds. The summed E-state index contributed by atoms with van der Waals surface area (Å²) in [7, 11) is 0. The van der Waals surface area contributed by atoms with Gasteiger partial charge in [-0.3, -0.25) is 0 Å². The molecule has 0 aliphatic carbocycles. The Kier molecular flexibility index (Phi) is 5.27. The Morgan fingerprint density at radius 2 is 2.15 bits per heavy atom. The minimum Gasteiger partial charge on any atom is -0.494 e. The van der Waals surface area contributed by atoms with E-state index in [-0.39, 0.29) is 6.03 Å². The van der Waals surface area contributed by atoms with Gasteiger partial charge in [0.2, 0.25) is 0 Å². The first-order chi connectivity index (χ1) is 9.69. The van der Waals surface area contributed by atoms with E-state index in [1.54, 1.807) is 0 Å². The SMILES string of the molecule is CCNC(=O)N1CCC(CCOc2ccc(C)cc2)C1. The van der Waals surface area contributed by atoms with E-state index < -0.39 is 0 Å². The first kappa shape index (κ1) is 14.7. The van der Waals surface area contributed by atoms with E-state index in [1.165, 1.54) is 5.56 Å². The van der Waals surface area contributed by atoms with Crippen LogP contribution in [0.15, 0.2) is 24.3 Å². The summed E-state index contributed by atoms with van der Waals surface area (Å²) in [6.45, 7) is 7.14. The van der Waals surface area contributed by atoms with Crippen molar-refractivity contribution in [1.29, 1.82) is 0 Å². The van der Waals surface area contributed by atoms with Gasteiger partial charge in [0, 0.05) is 19.6 Å². The van der Waals surface area contributed by atoms with Crippen LogP contribution in [0.3, 0.4) is 0 Å². The third-order valence-electron chi connectivity index (χ3n) is 3.72. The summed E-state index contributed by atoms with van der Waals surface area (Å²) in [6, 6.07) is 8.19. The molecule has 4 heteroatoms. The Morgan fingerprint density at radius 1 is 1.40 bits per heavy atom. The second-order valence-electron chi connectivity index (χ2n) is 5.39. The third-order valence-corrected chi connectivity index (χ3v) is 3.72. The zero-order chi connectivity index (χ0) is 14.4. The van der Waals surface area contributed by atoms with Gasteiger partial charge in [-0.2, -0.15) is 0 Å². The summed E-state index contributed by atoms with van der Waals surface area (Å²) in [4.78, 5) is 13.6. The first-order valence-electron chi connectivity index (χ1n) is 7.41. The lowest BCUT2D eigenvalue weighted by molar-refractivity contribution is 0.206. The van der Waals surface area contributed by atoms with Crippen molar-refractivity contribution in [1.82, 2.24) is 10.2 Å². The van der Waals surface area contributed by atoms with Crippen molar-refractivity contribution < 1.29 is 9.53 Å². The normalized spacial score (nSPS) is 18.1. The third kappa shape index (κ3) is 4.15. The van der Waals surface area contributed by atoms with Crippen LogP contribution < -0.4 is 10.1 Å². The van der Waals surface area contributed by atoms with Gasteiger partial charge in [-0.05, 0) is 44.7 Å². The number of hydrogen-bond acceptors (Lipinski definition) is 2. The quantitative estimate of drug-likeness (QED) is 0.898. The van der Waals surface area contributed by atoms with Crippen LogP contribution in [0, 0.1) is 12.8 Å². The first-order valence-corrected chi connectivity index (χ1v) is 7.41. The van der Waals surface area contributed by atoms with Crippen LogP contribution in [-0.2, 0) is 0 Å². The molecule has 2 rings (SSSR count). The molecule has 1 aliphatic rings. The Balaban J connectivity index is 1.68. The zero-order valence-electron chi connectivity index (χ0n) is 12.4. The number of nitrogens with zero attached hydrogens (tertiary/aromatic N) is 1. The largest absolute Gasteiger partial charge is 0.494 e. The Morgan fingerprint density at radius 3 is 2.85 bits per heavy atom. The van der Waals surface area contributed by atoms with E-state index in [9.17, 15) is 4.79 Å². The van der Waals surface area contributed by atoms with E-state index in [0.717, 1.165) is 38.3 Å². The predicted molar refractivity (Wildman–Crippen MR) is 80.0 cm³/mol. The van der Waals surface area contributed by atoms with Crippen molar-refractivity contribution in [3.05, 3.63) is 29.8 Å². The van der Waals surface area contributed by atoms with Gasteiger partial charge >= 0.3 is 6.03 Å². The van der Waals surface area contributed by atoms with Crippen molar-refractivity contribution in [2.24, 2.45) is 5.92 Å². The lowest BCUT2D eigenvalue weighted by Crippen LogP contribution is -2.38. The summed E-state index contributed by atoms with van der Waals surface area (Å²) in [5.74, 6) is 1.48. The minimum atomic E-state index is 0.0643. The van der Waals surface area contributed by atoms with Gasteiger partial charge in [0.25, 0.3) is 0 Å². The second kappa shape index (κ2) is 7.17. The number of carbonyl (C=O) groups excluding carboxylic acids is 1. The summed E-state index contributed by atoms with van der Waals surface area (Å²) in [6.07, 6.45) is 2.08. The van der Waals surface area contributed by atoms with Crippen molar-refractivity contribution in [2.45, 2.75) is 26.7 Å². The highest BCUT2D eigenvalue weighted by molar-refractivity contribution is 5.74. The molecule has 1 N–H and O–H groups in total. The average Bonchev–Trinajstić information content (AvgIpc) is 2.90. The highest BCUT2D eigenvalue weighted by atomic mass is 16.5. The van der Waals surface area contributed by atoms with Crippen LogP contribution in [-0.4, -0.2) is 37.2 Å². The molecule has 1 unspecified atom stereocenters. The van der Waals surface area contributed by atoms with Gasteiger partial charge < -0.3 is 15.0 Å². The molecular weight excluding hydrogens is 252 g/mol. The number of benzene rings is 1. The standard InChI is InChI=1S/C16H24N2O2/c1-3-17-16(19)18-10-8-14(12-18)9-11-20-15-6-4-13(2)5-7-15/h4-7,14H,3,8-12H2,1-2H3,(H,17,19). The summed E-state index contributed by atoms with van der Waals surface area (Å²) in [5, 5.41) is 2.85. The maximum absolute atomic E-state index is 11.7. The number of carbonyl (C=O) groups is 1. The Bertz CT molecular complexity index is 431. The van der Waals surface area contributed by atoms with Crippen LogP contribution in [0.1, 0.15) is 25.3 Å². The molecule has 0 bridgehead atoms. The summed E-state index contributed by atoms with van der Waals surface area (Å²) in [5.41, 5.74) is 1.24. The molecule has 0 radical (unpaired) electrons. The molecule has 1 atom stereocenters. The molecule has 20 heavy (non-hydrogen) atoms. The van der Waals surface area contributed by atoms with Crippen LogP contribution in [0.4, 0.5) is 4.79 Å². The van der Waals surface area contributed by atoms with Gasteiger partial charge in [-0.25, -0.2) is 4.79 Å². The fourth-order valence-corrected chi connectivity index (χ4v) is 2.49. The number of aryl methyl sites for hydroxylation is 1. The fourth-order valence-electron chi connectivity index (χ4n) is 2.49. The number of likely N-dealkylation sites (tertiary alicyclic amines) is 1. The molecule has 0 aromatic heterocycles. The molecule has 1 fully saturated rings. The number of nitrogens with one attached hydrogen (secondary N) is 1. The second-order valence-corrected chi connectivity index (χ2v) is 5.39. The van der Waals surface area contributed by atoms with Crippen molar-refractivity contribution in [3.63, 3.8) is 0 Å². The number of amides is 2. The van der Waals surface area contributed by atoms with Gasteiger partial charge in [0.05, 0.1) is 6.61 Å². The van der Waals surface area contributed by atoms with Gasteiger partial charge in [0.15, 0.2) is 0 Å². The van der Waals surface area contributed by atoms with E-state index in [2.05, 4.69) is 24.4 Å². The Labute approximate surface area is 121 Å². The van der Waals surface area contributed by atoms with Crippen LogP contribution in [0.5, 0.6) is 5.75 Å². The van der Waals surface area contributed by atoms with Crippen molar-refractivity contribution >= 4 is 6.03 Å². The molecule has 110 valence electrons. The molecular formula is C16H24N2O2. The van der Waals surface area contributed by atoms with Crippen LogP contribution >= 0.6 is 0 Å².